The average Bonchev–Trinajstić information content (AvgIpc) is 2.48. The van der Waals surface area contributed by atoms with Crippen LogP contribution in [-0.4, -0.2) is 24.5 Å². The van der Waals surface area contributed by atoms with E-state index in [4.69, 9.17) is 0 Å². The molecule has 1 amide bonds. The quantitative estimate of drug-likeness (QED) is 0.930. The Bertz CT molecular complexity index is 601. The van der Waals surface area contributed by atoms with Crippen molar-refractivity contribution in [1.29, 1.82) is 0 Å². The van der Waals surface area contributed by atoms with Gasteiger partial charge in [-0.05, 0) is 41.1 Å². The number of benzene rings is 1. The van der Waals surface area contributed by atoms with Gasteiger partial charge in [-0.3, -0.25) is 4.79 Å². The van der Waals surface area contributed by atoms with Crippen molar-refractivity contribution in [3.8, 4) is 0 Å². The summed E-state index contributed by atoms with van der Waals surface area (Å²) in [7, 11) is 1.76. The molecule has 0 unspecified atom stereocenters. The minimum absolute atomic E-state index is 0.0963. The molecule has 5 heteroatoms. The second kappa shape index (κ2) is 6.52. The summed E-state index contributed by atoms with van der Waals surface area (Å²) in [5.74, 6) is 0.504. The molecule has 0 aliphatic rings. The van der Waals surface area contributed by atoms with Crippen LogP contribution in [0.4, 0.5) is 11.5 Å². The van der Waals surface area contributed by atoms with Gasteiger partial charge in [0.1, 0.15) is 5.82 Å². The second-order valence-electron chi connectivity index (χ2n) is 4.28. The number of pyridine rings is 1. The Balaban J connectivity index is 2.35. The van der Waals surface area contributed by atoms with Gasteiger partial charge in [0.15, 0.2) is 0 Å². The molecule has 0 bridgehead atoms. The van der Waals surface area contributed by atoms with E-state index in [1.807, 2.05) is 37.3 Å². The molecular weight excluding hydrogens is 318 g/mol. The van der Waals surface area contributed by atoms with Gasteiger partial charge in [0, 0.05) is 29.9 Å². The molecule has 1 aromatic heterocycles. The van der Waals surface area contributed by atoms with Crippen molar-refractivity contribution in [2.75, 3.05) is 23.8 Å². The predicted octanol–water partition coefficient (Wildman–Crippen LogP) is 3.55. The molecule has 1 N–H and O–H groups in total. The third-order valence-corrected chi connectivity index (χ3v) is 3.31. The van der Waals surface area contributed by atoms with Crippen molar-refractivity contribution in [2.24, 2.45) is 0 Å². The van der Waals surface area contributed by atoms with Crippen LogP contribution in [0.25, 0.3) is 0 Å². The van der Waals surface area contributed by atoms with Crippen molar-refractivity contribution in [1.82, 2.24) is 4.98 Å². The van der Waals surface area contributed by atoms with Crippen molar-refractivity contribution in [3.05, 3.63) is 52.6 Å². The average molecular weight is 334 g/mol. The summed E-state index contributed by atoms with van der Waals surface area (Å²) < 4.78 is 0.781. The topological polar surface area (TPSA) is 45.2 Å². The number of anilines is 2. The maximum Gasteiger partial charge on any atom is 0.261 e. The van der Waals surface area contributed by atoms with Crippen molar-refractivity contribution >= 4 is 33.3 Å². The number of rotatable bonds is 4. The first-order chi connectivity index (χ1) is 9.63. The van der Waals surface area contributed by atoms with Crippen LogP contribution in [0, 0.1) is 0 Å². The molecule has 2 rings (SSSR count). The summed E-state index contributed by atoms with van der Waals surface area (Å²) in [6, 6.07) is 11.3. The number of hydrogen-bond donors (Lipinski definition) is 1. The highest BCUT2D eigenvalue weighted by molar-refractivity contribution is 9.10. The van der Waals surface area contributed by atoms with E-state index >= 15 is 0 Å². The number of nitrogens with zero attached hydrogens (tertiary/aromatic N) is 2. The number of nitrogens with one attached hydrogen (secondary N) is 1. The second-order valence-corrected chi connectivity index (χ2v) is 5.20. The Morgan fingerprint density at radius 3 is 2.70 bits per heavy atom. The maximum absolute atomic E-state index is 12.6. The van der Waals surface area contributed by atoms with Gasteiger partial charge in [0.2, 0.25) is 0 Å². The summed E-state index contributed by atoms with van der Waals surface area (Å²) in [5.41, 5.74) is 1.40. The standard InChI is InChI=1S/C15H16BrN3O/c1-3-17-14-13(9-11(16)10-18-14)15(20)19(2)12-7-5-4-6-8-12/h4-10H,3H2,1-2H3,(H,17,18). The van der Waals surface area contributed by atoms with Crippen LogP contribution >= 0.6 is 15.9 Å². The molecule has 1 heterocycles. The number of amides is 1. The summed E-state index contributed by atoms with van der Waals surface area (Å²) in [6.45, 7) is 2.68. The minimum atomic E-state index is -0.0963. The van der Waals surface area contributed by atoms with Crippen LogP contribution in [-0.2, 0) is 0 Å². The molecule has 0 aliphatic heterocycles. The summed E-state index contributed by atoms with van der Waals surface area (Å²) >= 11 is 3.36. The van der Waals surface area contributed by atoms with E-state index in [9.17, 15) is 4.79 Å². The Kier molecular flexibility index (Phi) is 4.74. The van der Waals surface area contributed by atoms with Crippen LogP contribution in [0.1, 0.15) is 17.3 Å². The smallest absolute Gasteiger partial charge is 0.261 e. The normalized spacial score (nSPS) is 10.2. The zero-order valence-corrected chi connectivity index (χ0v) is 13.0. The Morgan fingerprint density at radius 2 is 2.05 bits per heavy atom. The molecule has 0 atom stereocenters. The summed E-state index contributed by atoms with van der Waals surface area (Å²) in [5, 5.41) is 3.11. The highest BCUT2D eigenvalue weighted by atomic mass is 79.9. The monoisotopic (exact) mass is 333 g/mol. The van der Waals surface area contributed by atoms with Gasteiger partial charge in [0.05, 0.1) is 5.56 Å². The number of halogens is 1. The van der Waals surface area contributed by atoms with Gasteiger partial charge in [-0.15, -0.1) is 0 Å². The third-order valence-electron chi connectivity index (χ3n) is 2.88. The zero-order valence-electron chi connectivity index (χ0n) is 11.4. The fraction of sp³-hybridized carbons (Fsp3) is 0.200. The molecule has 4 nitrogen and oxygen atoms in total. The van der Waals surface area contributed by atoms with Crippen LogP contribution < -0.4 is 10.2 Å². The van der Waals surface area contributed by atoms with E-state index in [0.29, 0.717) is 17.9 Å². The molecule has 0 saturated heterocycles. The number of carbonyl (C=O) groups is 1. The first-order valence-electron chi connectivity index (χ1n) is 6.36. The number of aromatic nitrogens is 1. The molecule has 0 spiro atoms. The molecule has 0 radical (unpaired) electrons. The first kappa shape index (κ1) is 14.5. The summed E-state index contributed by atoms with van der Waals surface area (Å²) in [6.07, 6.45) is 1.68. The van der Waals surface area contributed by atoms with Gasteiger partial charge >= 0.3 is 0 Å². The van der Waals surface area contributed by atoms with Crippen LogP contribution in [0.5, 0.6) is 0 Å². The molecule has 1 aromatic carbocycles. The lowest BCUT2D eigenvalue weighted by Gasteiger charge is -2.19. The molecule has 0 saturated carbocycles. The fourth-order valence-corrected chi connectivity index (χ4v) is 2.19. The lowest BCUT2D eigenvalue weighted by Crippen LogP contribution is -2.27. The third kappa shape index (κ3) is 3.17. The lowest BCUT2D eigenvalue weighted by molar-refractivity contribution is 0.0993. The predicted molar refractivity (Wildman–Crippen MR) is 85.3 cm³/mol. The Hall–Kier alpha value is -1.88. The van der Waals surface area contributed by atoms with Crippen molar-refractivity contribution in [3.63, 3.8) is 0 Å². The van der Waals surface area contributed by atoms with Crippen LogP contribution in [0.15, 0.2) is 47.1 Å². The van der Waals surface area contributed by atoms with Gasteiger partial charge in [-0.25, -0.2) is 4.98 Å². The Morgan fingerprint density at radius 1 is 1.35 bits per heavy atom. The molecule has 0 fully saturated rings. The number of hydrogen-bond acceptors (Lipinski definition) is 3. The largest absolute Gasteiger partial charge is 0.370 e. The van der Waals surface area contributed by atoms with E-state index in [0.717, 1.165) is 10.2 Å². The van der Waals surface area contributed by atoms with Gasteiger partial charge in [-0.1, -0.05) is 18.2 Å². The summed E-state index contributed by atoms with van der Waals surface area (Å²) in [4.78, 5) is 18.5. The Labute approximate surface area is 127 Å². The van der Waals surface area contributed by atoms with E-state index in [2.05, 4.69) is 26.2 Å². The van der Waals surface area contributed by atoms with Crippen LogP contribution in [0.2, 0.25) is 0 Å². The van der Waals surface area contributed by atoms with Gasteiger partial charge in [-0.2, -0.15) is 0 Å². The molecular formula is C15H16BrN3O. The van der Waals surface area contributed by atoms with Crippen LogP contribution in [0.3, 0.4) is 0 Å². The minimum Gasteiger partial charge on any atom is -0.370 e. The van der Waals surface area contributed by atoms with Gasteiger partial charge < -0.3 is 10.2 Å². The van der Waals surface area contributed by atoms with E-state index < -0.39 is 0 Å². The zero-order chi connectivity index (χ0) is 14.5. The van der Waals surface area contributed by atoms with Crippen molar-refractivity contribution in [2.45, 2.75) is 6.92 Å². The SMILES string of the molecule is CCNc1ncc(Br)cc1C(=O)N(C)c1ccccc1. The number of para-hydroxylation sites is 1. The first-order valence-corrected chi connectivity index (χ1v) is 7.15. The highest BCUT2D eigenvalue weighted by Gasteiger charge is 2.18. The number of carbonyl (C=O) groups excluding carboxylic acids is 1. The fourth-order valence-electron chi connectivity index (χ4n) is 1.86. The highest BCUT2D eigenvalue weighted by Crippen LogP contribution is 2.22. The molecule has 20 heavy (non-hydrogen) atoms. The maximum atomic E-state index is 12.6. The molecule has 104 valence electrons. The lowest BCUT2D eigenvalue weighted by atomic mass is 10.2. The van der Waals surface area contributed by atoms with Crippen molar-refractivity contribution < 1.29 is 4.79 Å². The van der Waals surface area contributed by atoms with Gasteiger partial charge in [0.25, 0.3) is 5.91 Å². The van der Waals surface area contributed by atoms with E-state index in [1.54, 1.807) is 24.2 Å². The molecule has 0 aliphatic carbocycles. The molecule has 2 aromatic rings. The van der Waals surface area contributed by atoms with E-state index in [-0.39, 0.29) is 5.91 Å². The van der Waals surface area contributed by atoms with E-state index in [1.165, 1.54) is 0 Å².